The van der Waals surface area contributed by atoms with Crippen molar-refractivity contribution in [2.45, 2.75) is 39.7 Å². The first kappa shape index (κ1) is 21.2. The molecule has 0 fully saturated rings. The Balaban J connectivity index is 1.54. The highest BCUT2D eigenvalue weighted by Crippen LogP contribution is 2.52. The highest BCUT2D eigenvalue weighted by Gasteiger charge is 2.41. The lowest BCUT2D eigenvalue weighted by Gasteiger charge is -2.39. The predicted octanol–water partition coefficient (Wildman–Crippen LogP) is 8.37. The van der Waals surface area contributed by atoms with Crippen LogP contribution in [0, 0.1) is 12.3 Å². The Morgan fingerprint density at radius 2 is 1.79 bits per heavy atom. The summed E-state index contributed by atoms with van der Waals surface area (Å²) in [5.74, 6) is 1.69. The van der Waals surface area contributed by atoms with Gasteiger partial charge in [0.05, 0.1) is 0 Å². The maximum absolute atomic E-state index is 13.6. The minimum Gasteiger partial charge on any atom is -0.459 e. The first-order chi connectivity index (χ1) is 16.3. The molecule has 1 aliphatic carbocycles. The molecule has 0 saturated heterocycles. The molecule has 170 valence electrons. The second-order valence-corrected chi connectivity index (χ2v) is 10.6. The van der Waals surface area contributed by atoms with Crippen LogP contribution in [0.5, 0.6) is 0 Å². The number of anilines is 1. The molecule has 0 radical (unpaired) electrons. The summed E-state index contributed by atoms with van der Waals surface area (Å²) in [5, 5.41) is 6.73. The topological polar surface area (TPSA) is 42.2 Å². The number of Topliss-reactive ketones (excluding diaryl/α,β-unsaturated/α-hetero) is 1. The minimum absolute atomic E-state index is 0.0851. The molecule has 3 nitrogen and oxygen atoms in total. The van der Waals surface area contributed by atoms with Crippen molar-refractivity contribution in [3.63, 3.8) is 0 Å². The van der Waals surface area contributed by atoms with Gasteiger partial charge in [-0.2, -0.15) is 0 Å². The van der Waals surface area contributed by atoms with Gasteiger partial charge in [-0.25, -0.2) is 0 Å². The largest absolute Gasteiger partial charge is 0.459 e. The molecular formula is C30H26ClNO2. The van der Waals surface area contributed by atoms with Gasteiger partial charge in [0.2, 0.25) is 0 Å². The average molecular weight is 468 g/mol. The van der Waals surface area contributed by atoms with Crippen molar-refractivity contribution in [2.24, 2.45) is 5.41 Å². The molecule has 1 atom stereocenters. The first-order valence-electron chi connectivity index (χ1n) is 11.7. The molecule has 0 unspecified atom stereocenters. The summed E-state index contributed by atoms with van der Waals surface area (Å²) in [5.41, 5.74) is 6.05. The van der Waals surface area contributed by atoms with Crippen molar-refractivity contribution in [1.29, 1.82) is 0 Å². The molecule has 4 heteroatoms. The zero-order valence-corrected chi connectivity index (χ0v) is 20.3. The fourth-order valence-corrected chi connectivity index (χ4v) is 5.75. The van der Waals surface area contributed by atoms with Crippen LogP contribution < -0.4 is 5.32 Å². The SMILES string of the molecule is Cc1c(Cl)cccc1-c1ccc([C@@H]2Nc3ccc4ccccc4c3C3=C2C(=O)CC(C)(C)C3)o1. The third-order valence-electron chi connectivity index (χ3n) is 7.18. The Morgan fingerprint density at radius 1 is 0.971 bits per heavy atom. The lowest BCUT2D eigenvalue weighted by molar-refractivity contribution is -0.118. The van der Waals surface area contributed by atoms with E-state index in [-0.39, 0.29) is 17.2 Å². The summed E-state index contributed by atoms with van der Waals surface area (Å²) in [4.78, 5) is 13.6. The molecule has 0 bridgehead atoms. The van der Waals surface area contributed by atoms with Crippen LogP contribution in [-0.2, 0) is 4.79 Å². The van der Waals surface area contributed by atoms with Crippen molar-refractivity contribution in [1.82, 2.24) is 0 Å². The Labute approximate surface area is 204 Å². The second-order valence-electron chi connectivity index (χ2n) is 10.2. The zero-order chi connectivity index (χ0) is 23.6. The van der Waals surface area contributed by atoms with Crippen LogP contribution in [0.2, 0.25) is 5.02 Å². The van der Waals surface area contributed by atoms with Gasteiger partial charge in [0.15, 0.2) is 5.78 Å². The van der Waals surface area contributed by atoms with Crippen LogP contribution in [0.4, 0.5) is 5.69 Å². The number of halogens is 1. The van der Waals surface area contributed by atoms with Gasteiger partial charge in [-0.1, -0.05) is 67.9 Å². The van der Waals surface area contributed by atoms with E-state index in [0.717, 1.165) is 51.5 Å². The van der Waals surface area contributed by atoms with Gasteiger partial charge in [-0.15, -0.1) is 0 Å². The van der Waals surface area contributed by atoms with Gasteiger partial charge < -0.3 is 9.73 Å². The quantitative estimate of drug-likeness (QED) is 0.322. The third-order valence-corrected chi connectivity index (χ3v) is 7.59. The number of carbonyl (C=O) groups excluding carboxylic acids is 1. The van der Waals surface area contributed by atoms with E-state index in [1.54, 1.807) is 0 Å². The summed E-state index contributed by atoms with van der Waals surface area (Å²) < 4.78 is 6.39. The fraction of sp³-hybridized carbons (Fsp3) is 0.233. The van der Waals surface area contributed by atoms with Crippen LogP contribution in [0.1, 0.15) is 49.6 Å². The molecule has 0 spiro atoms. The lowest BCUT2D eigenvalue weighted by Crippen LogP contribution is -2.33. The number of benzene rings is 3. The van der Waals surface area contributed by atoms with Crippen molar-refractivity contribution >= 4 is 39.4 Å². The van der Waals surface area contributed by atoms with Gasteiger partial charge in [-0.05, 0) is 64.9 Å². The van der Waals surface area contributed by atoms with Crippen LogP contribution in [0.15, 0.2) is 76.7 Å². The summed E-state index contributed by atoms with van der Waals surface area (Å²) in [6.45, 7) is 6.36. The third kappa shape index (κ3) is 3.30. The Kier molecular flexibility index (Phi) is 4.76. The van der Waals surface area contributed by atoms with Gasteiger partial charge in [0.1, 0.15) is 17.6 Å². The number of ketones is 1. The van der Waals surface area contributed by atoms with E-state index in [0.29, 0.717) is 11.4 Å². The van der Waals surface area contributed by atoms with E-state index in [9.17, 15) is 4.79 Å². The van der Waals surface area contributed by atoms with Crippen LogP contribution in [0.25, 0.3) is 27.7 Å². The Morgan fingerprint density at radius 3 is 2.65 bits per heavy atom. The summed E-state index contributed by atoms with van der Waals surface area (Å²) >= 11 is 6.35. The maximum atomic E-state index is 13.6. The smallest absolute Gasteiger partial charge is 0.162 e. The molecule has 3 aromatic carbocycles. The van der Waals surface area contributed by atoms with Gasteiger partial charge in [0.25, 0.3) is 0 Å². The van der Waals surface area contributed by atoms with Gasteiger partial charge in [-0.3, -0.25) is 4.79 Å². The van der Waals surface area contributed by atoms with Gasteiger partial charge in [0, 0.05) is 33.8 Å². The molecular weight excluding hydrogens is 442 g/mol. The van der Waals surface area contributed by atoms with E-state index >= 15 is 0 Å². The molecule has 0 saturated carbocycles. The summed E-state index contributed by atoms with van der Waals surface area (Å²) in [6.07, 6.45) is 1.39. The molecule has 1 aromatic heterocycles. The number of nitrogens with one attached hydrogen (secondary N) is 1. The first-order valence-corrected chi connectivity index (χ1v) is 12.1. The lowest BCUT2D eigenvalue weighted by atomic mass is 9.68. The van der Waals surface area contributed by atoms with E-state index < -0.39 is 0 Å². The molecule has 1 aliphatic heterocycles. The second kappa shape index (κ2) is 7.61. The summed E-state index contributed by atoms with van der Waals surface area (Å²) in [7, 11) is 0. The highest BCUT2D eigenvalue weighted by molar-refractivity contribution is 6.31. The van der Waals surface area contributed by atoms with Crippen molar-refractivity contribution in [3.05, 3.63) is 94.2 Å². The van der Waals surface area contributed by atoms with E-state index in [4.69, 9.17) is 16.0 Å². The molecule has 34 heavy (non-hydrogen) atoms. The van der Waals surface area contributed by atoms with Crippen molar-refractivity contribution in [3.8, 4) is 11.3 Å². The number of rotatable bonds is 2. The predicted molar refractivity (Wildman–Crippen MR) is 139 cm³/mol. The normalized spacial score (nSPS) is 19.1. The molecule has 2 heterocycles. The highest BCUT2D eigenvalue weighted by atomic mass is 35.5. The van der Waals surface area contributed by atoms with E-state index in [1.165, 1.54) is 10.8 Å². The number of furan rings is 1. The van der Waals surface area contributed by atoms with Gasteiger partial charge >= 0.3 is 0 Å². The van der Waals surface area contributed by atoms with E-state index in [1.807, 2.05) is 37.3 Å². The molecule has 6 rings (SSSR count). The molecule has 2 aliphatic rings. The number of carbonyl (C=O) groups is 1. The zero-order valence-electron chi connectivity index (χ0n) is 19.5. The number of allylic oxidation sites excluding steroid dienone is 1. The average Bonchev–Trinajstić information content (AvgIpc) is 3.29. The monoisotopic (exact) mass is 467 g/mol. The van der Waals surface area contributed by atoms with Crippen LogP contribution >= 0.6 is 11.6 Å². The summed E-state index contributed by atoms with van der Waals surface area (Å²) in [6, 6.07) is 22.1. The maximum Gasteiger partial charge on any atom is 0.162 e. The number of hydrogen-bond acceptors (Lipinski definition) is 3. The molecule has 4 aromatic rings. The van der Waals surface area contributed by atoms with Crippen molar-refractivity contribution in [2.75, 3.05) is 5.32 Å². The minimum atomic E-state index is -0.319. The van der Waals surface area contributed by atoms with Crippen LogP contribution in [-0.4, -0.2) is 5.78 Å². The standard InChI is InChI=1S/C30H26ClNO2/c1-17-19(9-6-10-22(17)31)25-13-14-26(34-25)29-28-21(15-30(2,3)16-24(28)33)27-20-8-5-4-7-18(20)11-12-23(27)32-29/h4-14,29,32H,15-16H2,1-3H3/t29-/m0/s1. The van der Waals surface area contributed by atoms with Crippen molar-refractivity contribution < 1.29 is 9.21 Å². The number of fused-ring (bicyclic) bond motifs is 4. The van der Waals surface area contributed by atoms with Crippen LogP contribution in [0.3, 0.4) is 0 Å². The number of hydrogen-bond donors (Lipinski definition) is 1. The Hall–Kier alpha value is -3.30. The molecule has 1 N–H and O–H groups in total. The van der Waals surface area contributed by atoms with E-state index in [2.05, 4.69) is 55.6 Å². The molecule has 0 amide bonds. The fourth-order valence-electron chi connectivity index (χ4n) is 5.58. The Bertz CT molecular complexity index is 1510.